The molecule has 1 aromatic carbocycles. The zero-order chi connectivity index (χ0) is 19.7. The molecule has 4 rings (SSSR count). The molecule has 2 N–H and O–H groups in total. The summed E-state index contributed by atoms with van der Waals surface area (Å²) in [6.07, 6.45) is 2.71. The number of primary amides is 1. The SMILES string of the molecule is CC(=O)c1coc(Cn2ncc(-c3nc(C(N)=O)c(-c4ccccc4)o3)n2)n1. The minimum absolute atomic E-state index is 0.00884. The van der Waals surface area contributed by atoms with Crippen LogP contribution in [0.1, 0.15) is 33.8 Å². The van der Waals surface area contributed by atoms with Crippen LogP contribution in [0.25, 0.3) is 22.9 Å². The van der Waals surface area contributed by atoms with Crippen molar-refractivity contribution >= 4 is 11.7 Å². The Bertz CT molecular complexity index is 1160. The number of rotatable bonds is 6. The van der Waals surface area contributed by atoms with Crippen LogP contribution >= 0.6 is 0 Å². The van der Waals surface area contributed by atoms with E-state index in [0.717, 1.165) is 0 Å². The quantitative estimate of drug-likeness (QED) is 0.501. The molecule has 0 aliphatic heterocycles. The number of nitrogens with two attached hydrogens (primary N) is 1. The number of nitrogens with zero attached hydrogens (tertiary/aromatic N) is 5. The molecule has 1 amide bonds. The Balaban J connectivity index is 1.63. The lowest BCUT2D eigenvalue weighted by Crippen LogP contribution is -2.12. The van der Waals surface area contributed by atoms with Crippen molar-refractivity contribution in [3.05, 3.63) is 60.1 Å². The zero-order valence-corrected chi connectivity index (χ0v) is 14.7. The van der Waals surface area contributed by atoms with Gasteiger partial charge in [-0.3, -0.25) is 9.59 Å². The predicted molar refractivity (Wildman–Crippen MR) is 95.1 cm³/mol. The lowest BCUT2D eigenvalue weighted by Gasteiger charge is -1.96. The number of hydrogen-bond acceptors (Lipinski definition) is 8. The van der Waals surface area contributed by atoms with Crippen molar-refractivity contribution in [1.82, 2.24) is 25.0 Å². The van der Waals surface area contributed by atoms with E-state index in [1.807, 2.05) is 18.2 Å². The van der Waals surface area contributed by atoms with E-state index in [-0.39, 0.29) is 41.3 Å². The molecule has 0 radical (unpaired) electrons. The molecule has 140 valence electrons. The summed E-state index contributed by atoms with van der Waals surface area (Å²) in [5.41, 5.74) is 6.64. The van der Waals surface area contributed by atoms with E-state index in [1.165, 1.54) is 24.2 Å². The Morgan fingerprint density at radius 2 is 1.96 bits per heavy atom. The molecule has 4 aromatic rings. The zero-order valence-electron chi connectivity index (χ0n) is 14.7. The van der Waals surface area contributed by atoms with Crippen LogP contribution in [0.5, 0.6) is 0 Å². The van der Waals surface area contributed by atoms with Crippen LogP contribution in [0.2, 0.25) is 0 Å². The summed E-state index contributed by atoms with van der Waals surface area (Å²) >= 11 is 0. The van der Waals surface area contributed by atoms with Gasteiger partial charge in [0.25, 0.3) is 5.91 Å². The Labute approximate surface area is 158 Å². The average molecular weight is 378 g/mol. The third-order valence-electron chi connectivity index (χ3n) is 3.84. The lowest BCUT2D eigenvalue weighted by molar-refractivity contribution is 0.0992. The molecule has 0 fully saturated rings. The first-order valence-corrected chi connectivity index (χ1v) is 8.23. The van der Waals surface area contributed by atoms with Crippen molar-refractivity contribution in [3.8, 4) is 22.9 Å². The molecule has 0 aliphatic carbocycles. The van der Waals surface area contributed by atoms with Gasteiger partial charge in [-0.15, -0.1) is 5.10 Å². The Morgan fingerprint density at radius 1 is 1.18 bits per heavy atom. The average Bonchev–Trinajstić information content (AvgIpc) is 3.42. The molecule has 3 heterocycles. The van der Waals surface area contributed by atoms with Gasteiger partial charge in [-0.2, -0.15) is 9.90 Å². The summed E-state index contributed by atoms with van der Waals surface area (Å²) in [6, 6.07) is 9.02. The second-order valence-electron chi connectivity index (χ2n) is 5.87. The molecule has 0 aliphatic rings. The number of benzene rings is 1. The molecule has 10 heteroatoms. The van der Waals surface area contributed by atoms with Gasteiger partial charge < -0.3 is 14.6 Å². The van der Waals surface area contributed by atoms with Gasteiger partial charge in [0.15, 0.2) is 22.9 Å². The number of ketones is 1. The third kappa shape index (κ3) is 3.30. The van der Waals surface area contributed by atoms with Crippen molar-refractivity contribution < 1.29 is 18.4 Å². The first-order chi connectivity index (χ1) is 13.5. The van der Waals surface area contributed by atoms with Crippen LogP contribution < -0.4 is 5.73 Å². The van der Waals surface area contributed by atoms with Crippen LogP contribution in [0.15, 0.2) is 51.6 Å². The fraction of sp³-hybridized carbons (Fsp3) is 0.111. The molecule has 10 nitrogen and oxygen atoms in total. The number of Topliss-reactive ketones (excluding diaryl/α,β-unsaturated/α-hetero) is 1. The van der Waals surface area contributed by atoms with Crippen LogP contribution in [-0.2, 0) is 6.54 Å². The van der Waals surface area contributed by atoms with Crippen molar-refractivity contribution in [2.45, 2.75) is 13.5 Å². The molecule has 0 atom stereocenters. The minimum Gasteiger partial charge on any atom is -0.446 e. The topological polar surface area (TPSA) is 143 Å². The maximum atomic E-state index is 11.8. The van der Waals surface area contributed by atoms with Crippen molar-refractivity contribution in [2.24, 2.45) is 5.73 Å². The van der Waals surface area contributed by atoms with Crippen molar-refractivity contribution in [1.29, 1.82) is 0 Å². The summed E-state index contributed by atoms with van der Waals surface area (Å²) in [5, 5.41) is 8.35. The lowest BCUT2D eigenvalue weighted by atomic mass is 10.1. The fourth-order valence-electron chi connectivity index (χ4n) is 2.52. The van der Waals surface area contributed by atoms with Gasteiger partial charge in [0.2, 0.25) is 11.8 Å². The van der Waals surface area contributed by atoms with Gasteiger partial charge in [-0.05, 0) is 0 Å². The van der Waals surface area contributed by atoms with Gasteiger partial charge in [-0.25, -0.2) is 9.97 Å². The molecular formula is C18H14N6O4. The molecule has 0 bridgehead atoms. The first-order valence-electron chi connectivity index (χ1n) is 8.23. The summed E-state index contributed by atoms with van der Waals surface area (Å²) in [7, 11) is 0. The Kier molecular flexibility index (Phi) is 4.28. The van der Waals surface area contributed by atoms with Gasteiger partial charge >= 0.3 is 0 Å². The molecule has 0 unspecified atom stereocenters. The molecule has 0 saturated heterocycles. The number of oxazole rings is 2. The van der Waals surface area contributed by atoms with E-state index in [2.05, 4.69) is 20.2 Å². The van der Waals surface area contributed by atoms with E-state index in [1.54, 1.807) is 12.1 Å². The summed E-state index contributed by atoms with van der Waals surface area (Å²) in [4.78, 5) is 32.6. The van der Waals surface area contributed by atoms with E-state index in [9.17, 15) is 9.59 Å². The smallest absolute Gasteiger partial charge is 0.271 e. The summed E-state index contributed by atoms with van der Waals surface area (Å²) in [6.45, 7) is 1.51. The second-order valence-corrected chi connectivity index (χ2v) is 5.87. The third-order valence-corrected chi connectivity index (χ3v) is 3.84. The van der Waals surface area contributed by atoms with Gasteiger partial charge in [0.1, 0.15) is 18.5 Å². The monoisotopic (exact) mass is 378 g/mol. The first kappa shape index (κ1) is 17.3. The number of aromatic nitrogens is 5. The highest BCUT2D eigenvalue weighted by Crippen LogP contribution is 2.28. The number of carbonyl (C=O) groups is 2. The maximum Gasteiger partial charge on any atom is 0.271 e. The van der Waals surface area contributed by atoms with E-state index >= 15 is 0 Å². The van der Waals surface area contributed by atoms with Crippen LogP contribution in [0.4, 0.5) is 0 Å². The number of hydrogen-bond donors (Lipinski definition) is 1. The van der Waals surface area contributed by atoms with Gasteiger partial charge in [0.05, 0.1) is 6.20 Å². The summed E-state index contributed by atoms with van der Waals surface area (Å²) < 4.78 is 11.0. The Hall–Kier alpha value is -4.08. The minimum atomic E-state index is -0.710. The highest BCUT2D eigenvalue weighted by molar-refractivity contribution is 5.97. The maximum absolute atomic E-state index is 11.8. The van der Waals surface area contributed by atoms with E-state index in [0.29, 0.717) is 11.3 Å². The molecule has 28 heavy (non-hydrogen) atoms. The molecule has 0 saturated carbocycles. The summed E-state index contributed by atoms with van der Waals surface area (Å²) in [5.74, 6) is -0.260. The van der Waals surface area contributed by atoms with Crippen molar-refractivity contribution in [2.75, 3.05) is 0 Å². The highest BCUT2D eigenvalue weighted by atomic mass is 16.4. The normalized spacial score (nSPS) is 10.9. The second kappa shape index (κ2) is 6.91. The van der Waals surface area contributed by atoms with E-state index < -0.39 is 5.91 Å². The van der Waals surface area contributed by atoms with Crippen LogP contribution in [-0.4, -0.2) is 36.7 Å². The van der Waals surface area contributed by atoms with Crippen molar-refractivity contribution in [3.63, 3.8) is 0 Å². The van der Waals surface area contributed by atoms with Crippen LogP contribution in [0, 0.1) is 0 Å². The fourth-order valence-corrected chi connectivity index (χ4v) is 2.52. The standard InChI is InChI=1S/C18H14N6O4/c1-10(25)13-9-27-14(21-13)8-24-20-7-12(23-24)18-22-15(17(19)26)16(28-18)11-5-3-2-4-6-11/h2-7,9H,8H2,1H3,(H2,19,26). The van der Waals surface area contributed by atoms with E-state index in [4.69, 9.17) is 14.6 Å². The number of carbonyl (C=O) groups excluding carboxylic acids is 2. The highest BCUT2D eigenvalue weighted by Gasteiger charge is 2.22. The molecule has 0 spiro atoms. The Morgan fingerprint density at radius 3 is 2.64 bits per heavy atom. The van der Waals surface area contributed by atoms with Gasteiger partial charge in [0, 0.05) is 12.5 Å². The van der Waals surface area contributed by atoms with Gasteiger partial charge in [-0.1, -0.05) is 30.3 Å². The largest absolute Gasteiger partial charge is 0.446 e. The predicted octanol–water partition coefficient (Wildman–Crippen LogP) is 1.94. The van der Waals surface area contributed by atoms with Crippen LogP contribution in [0.3, 0.4) is 0 Å². The molecule has 3 aromatic heterocycles. The number of amides is 1. The molecular weight excluding hydrogens is 364 g/mol.